The lowest BCUT2D eigenvalue weighted by Crippen LogP contribution is -2.30. The van der Waals surface area contributed by atoms with Gasteiger partial charge in [0.1, 0.15) is 0 Å². The second kappa shape index (κ2) is 9.20. The minimum absolute atomic E-state index is 0.0373. The Labute approximate surface area is 152 Å². The Bertz CT molecular complexity index is 749. The van der Waals surface area contributed by atoms with E-state index in [0.717, 1.165) is 5.56 Å². The van der Waals surface area contributed by atoms with Crippen molar-refractivity contribution >= 4 is 29.2 Å². The zero-order chi connectivity index (χ0) is 18.2. The highest BCUT2D eigenvalue weighted by Gasteiger charge is 2.14. The summed E-state index contributed by atoms with van der Waals surface area (Å²) in [5.74, 6) is -0.704. The van der Waals surface area contributed by atoms with E-state index in [9.17, 15) is 9.59 Å². The summed E-state index contributed by atoms with van der Waals surface area (Å²) in [7, 11) is 0. The predicted molar refractivity (Wildman–Crippen MR) is 98.9 cm³/mol. The third-order valence-electron chi connectivity index (χ3n) is 3.61. The summed E-state index contributed by atoms with van der Waals surface area (Å²) in [6.45, 7) is 4.07. The summed E-state index contributed by atoms with van der Waals surface area (Å²) in [6, 6.07) is 14.2. The number of hydrogen-bond acceptors (Lipinski definition) is 4. The molecule has 1 amide bonds. The lowest BCUT2D eigenvalue weighted by molar-refractivity contribution is -0.115. The monoisotopic (exact) mass is 360 g/mol. The van der Waals surface area contributed by atoms with Gasteiger partial charge in [-0.05, 0) is 43.7 Å². The van der Waals surface area contributed by atoms with Gasteiger partial charge in [-0.2, -0.15) is 0 Å². The van der Waals surface area contributed by atoms with Crippen LogP contribution in [0.4, 0.5) is 5.69 Å². The van der Waals surface area contributed by atoms with Crippen LogP contribution in [-0.4, -0.2) is 25.0 Å². The lowest BCUT2D eigenvalue weighted by atomic mass is 10.1. The summed E-state index contributed by atoms with van der Waals surface area (Å²) in [5, 5.41) is 6.52. The summed E-state index contributed by atoms with van der Waals surface area (Å²) in [4.78, 5) is 24.1. The third-order valence-corrected chi connectivity index (χ3v) is 3.85. The number of esters is 1. The van der Waals surface area contributed by atoms with Gasteiger partial charge >= 0.3 is 5.97 Å². The van der Waals surface area contributed by atoms with Gasteiger partial charge in [-0.15, -0.1) is 0 Å². The summed E-state index contributed by atoms with van der Waals surface area (Å²) >= 11 is 5.98. The first-order valence-electron chi connectivity index (χ1n) is 8.06. The average Bonchev–Trinajstić information content (AvgIpc) is 2.60. The topological polar surface area (TPSA) is 67.4 Å². The fourth-order valence-corrected chi connectivity index (χ4v) is 2.51. The number of nitrogens with one attached hydrogen (secondary N) is 2. The van der Waals surface area contributed by atoms with Crippen molar-refractivity contribution in [3.63, 3.8) is 0 Å². The quantitative estimate of drug-likeness (QED) is 0.737. The zero-order valence-electron chi connectivity index (χ0n) is 14.2. The maximum Gasteiger partial charge on any atom is 0.340 e. The Morgan fingerprint density at radius 2 is 1.92 bits per heavy atom. The number of para-hydroxylation sites is 1. The molecule has 0 radical (unpaired) electrons. The molecule has 132 valence electrons. The van der Waals surface area contributed by atoms with Crippen LogP contribution >= 0.6 is 11.6 Å². The fourth-order valence-electron chi connectivity index (χ4n) is 2.31. The standard InChI is InChI=1S/C19H21ClN2O3/c1-3-25-19(24)16-9-4-5-10-17(16)22-18(23)12-21-13(2)14-7-6-8-15(20)11-14/h4-11,13,21H,3,12H2,1-2H3,(H,22,23). The number of carbonyl (C=O) groups is 2. The third kappa shape index (κ3) is 5.59. The van der Waals surface area contributed by atoms with Crippen molar-refractivity contribution in [1.29, 1.82) is 0 Å². The maximum absolute atomic E-state index is 12.2. The minimum atomic E-state index is -0.460. The molecule has 0 saturated carbocycles. The van der Waals surface area contributed by atoms with Gasteiger partial charge in [0.15, 0.2) is 0 Å². The Hall–Kier alpha value is -2.37. The summed E-state index contributed by atoms with van der Waals surface area (Å²) < 4.78 is 5.00. The largest absolute Gasteiger partial charge is 0.462 e. The molecule has 2 rings (SSSR count). The van der Waals surface area contributed by atoms with Gasteiger partial charge in [0, 0.05) is 11.1 Å². The number of anilines is 1. The highest BCUT2D eigenvalue weighted by Crippen LogP contribution is 2.18. The van der Waals surface area contributed by atoms with Crippen molar-refractivity contribution < 1.29 is 14.3 Å². The molecular formula is C19H21ClN2O3. The van der Waals surface area contributed by atoms with Gasteiger partial charge in [0.2, 0.25) is 5.91 Å². The normalized spacial score (nSPS) is 11.6. The number of hydrogen-bond donors (Lipinski definition) is 2. The molecule has 1 unspecified atom stereocenters. The maximum atomic E-state index is 12.2. The van der Waals surface area contributed by atoms with Crippen molar-refractivity contribution in [1.82, 2.24) is 5.32 Å². The van der Waals surface area contributed by atoms with Gasteiger partial charge in [-0.1, -0.05) is 35.9 Å². The Balaban J connectivity index is 1.95. The van der Waals surface area contributed by atoms with Crippen LogP contribution < -0.4 is 10.6 Å². The highest BCUT2D eigenvalue weighted by molar-refractivity contribution is 6.30. The second-order valence-electron chi connectivity index (χ2n) is 5.47. The molecule has 0 aliphatic heterocycles. The summed E-state index contributed by atoms with van der Waals surface area (Å²) in [6.07, 6.45) is 0. The second-order valence-corrected chi connectivity index (χ2v) is 5.91. The van der Waals surface area contributed by atoms with E-state index in [4.69, 9.17) is 16.3 Å². The first-order chi connectivity index (χ1) is 12.0. The van der Waals surface area contributed by atoms with E-state index >= 15 is 0 Å². The number of benzene rings is 2. The number of ether oxygens (including phenoxy) is 1. The van der Waals surface area contributed by atoms with Crippen LogP contribution in [0.5, 0.6) is 0 Å². The van der Waals surface area contributed by atoms with Gasteiger partial charge < -0.3 is 15.4 Å². The minimum Gasteiger partial charge on any atom is -0.462 e. The van der Waals surface area contributed by atoms with Crippen molar-refractivity contribution in [2.75, 3.05) is 18.5 Å². The molecule has 25 heavy (non-hydrogen) atoms. The molecule has 0 saturated heterocycles. The highest BCUT2D eigenvalue weighted by atomic mass is 35.5. The summed E-state index contributed by atoms with van der Waals surface area (Å²) in [5.41, 5.74) is 1.76. The van der Waals surface area contributed by atoms with Crippen molar-refractivity contribution in [2.45, 2.75) is 19.9 Å². The van der Waals surface area contributed by atoms with Crippen LogP contribution in [0.2, 0.25) is 5.02 Å². The van der Waals surface area contributed by atoms with E-state index in [1.165, 1.54) is 0 Å². The number of rotatable bonds is 7. The van der Waals surface area contributed by atoms with E-state index in [1.54, 1.807) is 37.3 Å². The van der Waals surface area contributed by atoms with Crippen molar-refractivity contribution in [3.05, 3.63) is 64.7 Å². The molecule has 1 atom stereocenters. The SMILES string of the molecule is CCOC(=O)c1ccccc1NC(=O)CNC(C)c1cccc(Cl)c1. The molecule has 2 aromatic rings. The average molecular weight is 361 g/mol. The number of carbonyl (C=O) groups excluding carboxylic acids is 2. The van der Waals surface area contributed by atoms with Crippen molar-refractivity contribution in [3.8, 4) is 0 Å². The lowest BCUT2D eigenvalue weighted by Gasteiger charge is -2.15. The predicted octanol–water partition coefficient (Wildman–Crippen LogP) is 3.81. The Morgan fingerprint density at radius 3 is 2.64 bits per heavy atom. The van der Waals surface area contributed by atoms with Crippen LogP contribution in [0.25, 0.3) is 0 Å². The van der Waals surface area contributed by atoms with Crippen LogP contribution in [0.3, 0.4) is 0 Å². The van der Waals surface area contributed by atoms with Gasteiger partial charge in [0.25, 0.3) is 0 Å². The van der Waals surface area contributed by atoms with Crippen LogP contribution in [0, 0.1) is 0 Å². The number of amides is 1. The first kappa shape index (κ1) is 19.0. The van der Waals surface area contributed by atoms with Crippen LogP contribution in [0.1, 0.15) is 35.8 Å². The van der Waals surface area contributed by atoms with Gasteiger partial charge in [0.05, 0.1) is 24.4 Å². The van der Waals surface area contributed by atoms with E-state index in [1.807, 2.05) is 25.1 Å². The molecule has 5 nitrogen and oxygen atoms in total. The molecule has 0 aliphatic carbocycles. The molecule has 0 spiro atoms. The van der Waals surface area contributed by atoms with Crippen LogP contribution in [-0.2, 0) is 9.53 Å². The molecule has 6 heteroatoms. The molecule has 0 bridgehead atoms. The first-order valence-corrected chi connectivity index (χ1v) is 8.44. The Kier molecular flexibility index (Phi) is 6.98. The fraction of sp³-hybridized carbons (Fsp3) is 0.263. The van der Waals surface area contributed by atoms with Gasteiger partial charge in [-0.25, -0.2) is 4.79 Å². The van der Waals surface area contributed by atoms with Crippen LogP contribution in [0.15, 0.2) is 48.5 Å². The molecule has 0 aromatic heterocycles. The molecule has 0 fully saturated rings. The van der Waals surface area contributed by atoms with E-state index in [2.05, 4.69) is 10.6 Å². The smallest absolute Gasteiger partial charge is 0.340 e. The van der Waals surface area contributed by atoms with E-state index < -0.39 is 5.97 Å². The number of halogens is 1. The molecule has 0 heterocycles. The zero-order valence-corrected chi connectivity index (χ0v) is 15.0. The van der Waals surface area contributed by atoms with E-state index in [0.29, 0.717) is 16.3 Å². The Morgan fingerprint density at radius 1 is 1.16 bits per heavy atom. The van der Waals surface area contributed by atoms with Crippen molar-refractivity contribution in [2.24, 2.45) is 0 Å². The van der Waals surface area contributed by atoms with E-state index in [-0.39, 0.29) is 25.1 Å². The van der Waals surface area contributed by atoms with Gasteiger partial charge in [-0.3, -0.25) is 4.79 Å². The molecule has 2 aromatic carbocycles. The molecule has 2 N–H and O–H groups in total. The molecule has 0 aliphatic rings. The molecular weight excluding hydrogens is 340 g/mol.